The standard InChI is InChI=1S/C12H19NO4/c1-12(2,3)17-11(15)13-9(10(14)16-4)7-8-5-6-8/h7-8H,5-6H2,1-4H3,(H,13,15)/b9-7+. The highest BCUT2D eigenvalue weighted by atomic mass is 16.6. The lowest BCUT2D eigenvalue weighted by Crippen LogP contribution is -2.34. The van der Waals surface area contributed by atoms with Crippen molar-refractivity contribution in [2.24, 2.45) is 5.92 Å². The number of methoxy groups -OCH3 is 1. The van der Waals surface area contributed by atoms with Crippen molar-refractivity contribution >= 4 is 12.1 Å². The highest BCUT2D eigenvalue weighted by molar-refractivity contribution is 5.92. The molecule has 17 heavy (non-hydrogen) atoms. The van der Waals surface area contributed by atoms with E-state index in [1.807, 2.05) is 0 Å². The molecule has 1 N–H and O–H groups in total. The molecule has 0 radical (unpaired) electrons. The van der Waals surface area contributed by atoms with E-state index in [2.05, 4.69) is 10.1 Å². The van der Waals surface area contributed by atoms with Crippen molar-refractivity contribution < 1.29 is 19.1 Å². The molecule has 1 fully saturated rings. The molecule has 0 heterocycles. The van der Waals surface area contributed by atoms with Crippen LogP contribution in [0.2, 0.25) is 0 Å². The molecule has 0 unspecified atom stereocenters. The minimum absolute atomic E-state index is 0.157. The molecule has 5 nitrogen and oxygen atoms in total. The molecule has 1 aliphatic rings. The van der Waals surface area contributed by atoms with Gasteiger partial charge in [-0.25, -0.2) is 9.59 Å². The van der Waals surface area contributed by atoms with E-state index < -0.39 is 17.7 Å². The van der Waals surface area contributed by atoms with Crippen LogP contribution in [0.15, 0.2) is 11.8 Å². The van der Waals surface area contributed by atoms with Crippen molar-refractivity contribution in [2.45, 2.75) is 39.2 Å². The number of hydrogen-bond acceptors (Lipinski definition) is 4. The van der Waals surface area contributed by atoms with Crippen LogP contribution >= 0.6 is 0 Å². The molecule has 1 aliphatic carbocycles. The molecule has 96 valence electrons. The van der Waals surface area contributed by atoms with Crippen LogP contribution in [0.4, 0.5) is 4.79 Å². The van der Waals surface area contributed by atoms with E-state index in [0.29, 0.717) is 5.92 Å². The van der Waals surface area contributed by atoms with Crippen LogP contribution in [0.5, 0.6) is 0 Å². The molecule has 1 saturated carbocycles. The monoisotopic (exact) mass is 241 g/mol. The summed E-state index contributed by atoms with van der Waals surface area (Å²) in [5.41, 5.74) is -0.436. The fourth-order valence-electron chi connectivity index (χ4n) is 1.18. The maximum absolute atomic E-state index is 11.5. The largest absolute Gasteiger partial charge is 0.464 e. The molecule has 1 rings (SSSR count). The van der Waals surface area contributed by atoms with Crippen molar-refractivity contribution in [1.82, 2.24) is 5.32 Å². The summed E-state index contributed by atoms with van der Waals surface area (Å²) in [5.74, 6) is -0.193. The zero-order valence-electron chi connectivity index (χ0n) is 10.7. The number of alkyl carbamates (subject to hydrolysis) is 1. The molecular weight excluding hydrogens is 222 g/mol. The number of rotatable bonds is 3. The number of allylic oxidation sites excluding steroid dienone is 1. The van der Waals surface area contributed by atoms with Gasteiger partial charge >= 0.3 is 12.1 Å². The Balaban J connectivity index is 2.60. The van der Waals surface area contributed by atoms with Gasteiger partial charge in [-0.15, -0.1) is 0 Å². The van der Waals surface area contributed by atoms with Gasteiger partial charge in [-0.2, -0.15) is 0 Å². The van der Waals surface area contributed by atoms with Gasteiger partial charge in [0.1, 0.15) is 11.3 Å². The molecule has 0 spiro atoms. The third kappa shape index (κ3) is 5.38. The summed E-state index contributed by atoms with van der Waals surface area (Å²) in [6, 6.07) is 0. The van der Waals surface area contributed by atoms with Crippen LogP contribution < -0.4 is 5.32 Å². The second-order valence-corrected chi connectivity index (χ2v) is 5.04. The van der Waals surface area contributed by atoms with Crippen molar-refractivity contribution in [3.8, 4) is 0 Å². The van der Waals surface area contributed by atoms with E-state index in [9.17, 15) is 9.59 Å². The van der Waals surface area contributed by atoms with E-state index >= 15 is 0 Å². The van der Waals surface area contributed by atoms with Crippen LogP contribution in [-0.2, 0) is 14.3 Å². The Morgan fingerprint density at radius 2 is 1.88 bits per heavy atom. The van der Waals surface area contributed by atoms with Crippen LogP contribution in [0.3, 0.4) is 0 Å². The number of carbonyl (C=O) groups is 2. The Kier molecular flexibility index (Phi) is 4.15. The molecule has 0 aromatic carbocycles. The van der Waals surface area contributed by atoms with Gasteiger partial charge in [0.05, 0.1) is 7.11 Å². The Morgan fingerprint density at radius 1 is 1.29 bits per heavy atom. The first kappa shape index (κ1) is 13.5. The summed E-state index contributed by atoms with van der Waals surface area (Å²) in [6.45, 7) is 5.28. The number of nitrogens with one attached hydrogen (secondary N) is 1. The lowest BCUT2D eigenvalue weighted by Gasteiger charge is -2.20. The zero-order chi connectivity index (χ0) is 13.1. The second kappa shape index (κ2) is 5.21. The molecule has 1 amide bonds. The first-order chi connectivity index (χ1) is 7.81. The maximum Gasteiger partial charge on any atom is 0.412 e. The Morgan fingerprint density at radius 3 is 2.29 bits per heavy atom. The predicted octanol–water partition coefficient (Wildman–Crippen LogP) is 1.98. The van der Waals surface area contributed by atoms with Crippen LogP contribution in [0.25, 0.3) is 0 Å². The van der Waals surface area contributed by atoms with E-state index in [-0.39, 0.29) is 5.70 Å². The highest BCUT2D eigenvalue weighted by Crippen LogP contribution is 2.31. The summed E-state index contributed by atoms with van der Waals surface area (Å²) < 4.78 is 9.66. The van der Waals surface area contributed by atoms with E-state index in [4.69, 9.17) is 4.74 Å². The second-order valence-electron chi connectivity index (χ2n) is 5.04. The topological polar surface area (TPSA) is 64.6 Å². The zero-order valence-corrected chi connectivity index (χ0v) is 10.7. The number of esters is 1. The maximum atomic E-state index is 11.5. The molecular formula is C12H19NO4. The van der Waals surface area contributed by atoms with Crippen LogP contribution in [0, 0.1) is 5.92 Å². The van der Waals surface area contributed by atoms with Gasteiger partial charge in [-0.3, -0.25) is 5.32 Å². The summed E-state index contributed by atoms with van der Waals surface area (Å²) >= 11 is 0. The van der Waals surface area contributed by atoms with Gasteiger partial charge in [-0.1, -0.05) is 6.08 Å². The Hall–Kier alpha value is -1.52. The molecule has 0 atom stereocenters. The fraction of sp³-hybridized carbons (Fsp3) is 0.667. The first-order valence-electron chi connectivity index (χ1n) is 5.62. The lowest BCUT2D eigenvalue weighted by atomic mass is 10.2. The number of amides is 1. The van der Waals surface area contributed by atoms with Crippen molar-refractivity contribution in [2.75, 3.05) is 7.11 Å². The molecule has 0 saturated heterocycles. The van der Waals surface area contributed by atoms with Gasteiger partial charge in [0, 0.05) is 0 Å². The van der Waals surface area contributed by atoms with Crippen LogP contribution in [0.1, 0.15) is 33.6 Å². The molecule has 0 aromatic heterocycles. The number of hydrogen-bond donors (Lipinski definition) is 1. The van der Waals surface area contributed by atoms with Crippen molar-refractivity contribution in [3.63, 3.8) is 0 Å². The number of ether oxygens (including phenoxy) is 2. The fourth-order valence-corrected chi connectivity index (χ4v) is 1.18. The molecule has 0 bridgehead atoms. The van der Waals surface area contributed by atoms with Gasteiger partial charge in [0.15, 0.2) is 0 Å². The number of carbonyl (C=O) groups excluding carboxylic acids is 2. The third-order valence-corrected chi connectivity index (χ3v) is 2.07. The Labute approximate surface area is 101 Å². The summed E-state index contributed by atoms with van der Waals surface area (Å²) in [5, 5.41) is 2.42. The van der Waals surface area contributed by atoms with Gasteiger partial charge in [0.25, 0.3) is 0 Å². The summed E-state index contributed by atoms with van der Waals surface area (Å²) in [6.07, 6.45) is 3.15. The third-order valence-electron chi connectivity index (χ3n) is 2.07. The van der Waals surface area contributed by atoms with E-state index in [0.717, 1.165) is 12.8 Å². The average Bonchev–Trinajstić information content (AvgIpc) is 2.96. The quantitative estimate of drug-likeness (QED) is 0.606. The molecule has 5 heteroatoms. The average molecular weight is 241 g/mol. The minimum Gasteiger partial charge on any atom is -0.464 e. The molecule has 0 aromatic rings. The predicted molar refractivity (Wildman–Crippen MR) is 62.2 cm³/mol. The normalized spacial score (nSPS) is 16.4. The van der Waals surface area contributed by atoms with Gasteiger partial charge in [0.2, 0.25) is 0 Å². The lowest BCUT2D eigenvalue weighted by molar-refractivity contribution is -0.136. The van der Waals surface area contributed by atoms with Gasteiger partial charge in [-0.05, 0) is 39.5 Å². The van der Waals surface area contributed by atoms with Crippen molar-refractivity contribution in [3.05, 3.63) is 11.8 Å². The molecule has 0 aliphatic heterocycles. The summed E-state index contributed by atoms with van der Waals surface area (Å²) in [7, 11) is 1.28. The van der Waals surface area contributed by atoms with Crippen LogP contribution in [-0.4, -0.2) is 24.8 Å². The van der Waals surface area contributed by atoms with Gasteiger partial charge < -0.3 is 9.47 Å². The SMILES string of the molecule is COC(=O)/C(=C\C1CC1)NC(=O)OC(C)(C)C. The minimum atomic E-state index is -0.644. The smallest absolute Gasteiger partial charge is 0.412 e. The highest BCUT2D eigenvalue weighted by Gasteiger charge is 2.24. The van der Waals surface area contributed by atoms with Crippen molar-refractivity contribution in [1.29, 1.82) is 0 Å². The van der Waals surface area contributed by atoms with E-state index in [1.165, 1.54) is 7.11 Å². The summed E-state index contributed by atoms with van der Waals surface area (Å²) in [4.78, 5) is 22.9. The first-order valence-corrected chi connectivity index (χ1v) is 5.62. The Bertz CT molecular complexity index is 337. The van der Waals surface area contributed by atoms with E-state index in [1.54, 1.807) is 26.8 Å².